The van der Waals surface area contributed by atoms with Crippen molar-refractivity contribution in [2.45, 2.75) is 143 Å². The summed E-state index contributed by atoms with van der Waals surface area (Å²) in [6, 6.07) is 7.74. The summed E-state index contributed by atoms with van der Waals surface area (Å²) in [6.07, 6.45) is 1.69. The lowest BCUT2D eigenvalue weighted by atomic mass is 9.83. The maximum atomic E-state index is 14.5. The second-order valence-electron chi connectivity index (χ2n) is 17.5. The van der Waals surface area contributed by atoms with Crippen LogP contribution in [0.2, 0.25) is 0 Å². The quantitative estimate of drug-likeness (QED) is 0.106. The fraction of sp³-hybridized carbons (Fsp3) is 0.761. The number of rotatable bonds is 25. The number of nitrogens with zero attached hydrogens (tertiary/aromatic N) is 3. The number of aliphatic hydroxyl groups excluding tert-OH is 1. The van der Waals surface area contributed by atoms with Gasteiger partial charge in [-0.25, -0.2) is 4.79 Å². The number of hydrogen-bond acceptors (Lipinski definition) is 10. The molecular weight excluding hydrogens is 771 g/mol. The minimum absolute atomic E-state index is 0.0153. The molecule has 3 amide bonds. The molecule has 0 aromatic heterocycles. The lowest BCUT2D eigenvalue weighted by Gasteiger charge is -2.41. The molecule has 1 heterocycles. The first-order valence-electron chi connectivity index (χ1n) is 21.6. The maximum absolute atomic E-state index is 14.5. The van der Waals surface area contributed by atoms with Gasteiger partial charge in [0.25, 0.3) is 0 Å². The number of amides is 3. The number of hydrogen-bond donors (Lipinski definition) is 1. The number of Topliss-reactive ketones (excluding diaryl/α,β-unsaturated/α-hetero) is 2. The Kier molecular flexibility index (Phi) is 22.1. The molecule has 0 bridgehead atoms. The van der Waals surface area contributed by atoms with Gasteiger partial charge in [0, 0.05) is 64.8 Å². The van der Waals surface area contributed by atoms with Crippen molar-refractivity contribution in [2.24, 2.45) is 35.5 Å². The fourth-order valence-corrected chi connectivity index (χ4v) is 8.85. The average Bonchev–Trinajstić information content (AvgIpc) is 3.70. The molecule has 1 aromatic carbocycles. The number of ether oxygens (including phenoxy) is 3. The smallest absolute Gasteiger partial charge is 0.410 e. The molecule has 11 atom stereocenters. The van der Waals surface area contributed by atoms with Gasteiger partial charge in [-0.2, -0.15) is 11.8 Å². The number of thioether (sulfide) groups is 1. The monoisotopic (exact) mass is 848 g/mol. The zero-order chi connectivity index (χ0) is 44.7. The molecule has 0 spiro atoms. The van der Waals surface area contributed by atoms with Crippen LogP contribution in [0.3, 0.4) is 0 Å². The van der Waals surface area contributed by atoms with Crippen LogP contribution < -0.4 is 0 Å². The third kappa shape index (κ3) is 14.3. The summed E-state index contributed by atoms with van der Waals surface area (Å²) in [4.78, 5) is 74.3. The highest BCUT2D eigenvalue weighted by atomic mass is 32.2. The Morgan fingerprint density at radius 3 is 2.00 bits per heavy atom. The Bertz CT molecular complexity index is 1480. The van der Waals surface area contributed by atoms with Gasteiger partial charge in [-0.05, 0) is 48.3 Å². The van der Waals surface area contributed by atoms with Crippen molar-refractivity contribution in [3.63, 3.8) is 0 Å². The first-order chi connectivity index (χ1) is 27.8. The Labute approximate surface area is 359 Å². The predicted molar refractivity (Wildman–Crippen MR) is 235 cm³/mol. The minimum atomic E-state index is -0.781. The molecule has 12 nitrogen and oxygen atoms in total. The van der Waals surface area contributed by atoms with E-state index < -0.39 is 48.3 Å². The minimum Gasteiger partial charge on any atom is -0.448 e. The van der Waals surface area contributed by atoms with Gasteiger partial charge >= 0.3 is 6.09 Å². The number of likely N-dealkylation sites (tertiary alicyclic amines) is 1. The summed E-state index contributed by atoms with van der Waals surface area (Å²) in [5.41, 5.74) is 0.763. The number of carbonyl (C=O) groups excluding carboxylic acids is 5. The van der Waals surface area contributed by atoms with E-state index in [1.165, 1.54) is 4.90 Å². The lowest BCUT2D eigenvalue weighted by Crippen LogP contribution is -2.54. The molecule has 1 aliphatic heterocycles. The molecule has 1 aliphatic rings. The van der Waals surface area contributed by atoms with Gasteiger partial charge in [0.05, 0.1) is 42.9 Å². The lowest BCUT2D eigenvalue weighted by molar-refractivity contribution is -0.149. The van der Waals surface area contributed by atoms with Gasteiger partial charge in [0.1, 0.15) is 12.4 Å². The highest BCUT2D eigenvalue weighted by Crippen LogP contribution is 2.33. The van der Waals surface area contributed by atoms with Crippen molar-refractivity contribution in [1.29, 1.82) is 0 Å². The van der Waals surface area contributed by atoms with Crippen molar-refractivity contribution < 1.29 is 43.3 Å². The van der Waals surface area contributed by atoms with Crippen molar-refractivity contribution in [3.05, 3.63) is 35.9 Å². The number of ketones is 2. The van der Waals surface area contributed by atoms with Crippen LogP contribution in [-0.2, 0) is 33.4 Å². The standard InChI is InChI=1S/C46H77N3O9S/c1-15-30(6)42(47(10)45(54)35(28(2)3)25-38(51)41(29(4)5)48(11)46(55)58-27-32(8)59-14)39(56-12)26-40(52)49-23-19-22-36(49)44(57-13)33(9)37(50)24-31(7)43(53)34-20-17-16-18-21-34/h16-18,20-21,28-33,35-36,39,41-44,53H,15,19,22-27H2,1-14H3/t30-,31-,32?,33-,35-,36-,39+,41-,42-,43+,44+/m0/s1. The summed E-state index contributed by atoms with van der Waals surface area (Å²) >= 11 is 1.58. The summed E-state index contributed by atoms with van der Waals surface area (Å²) < 4.78 is 17.5. The third-order valence-corrected chi connectivity index (χ3v) is 13.6. The van der Waals surface area contributed by atoms with Crippen molar-refractivity contribution in [3.8, 4) is 0 Å². The van der Waals surface area contributed by atoms with Crippen LogP contribution in [0.15, 0.2) is 30.3 Å². The van der Waals surface area contributed by atoms with Crippen LogP contribution in [0, 0.1) is 35.5 Å². The van der Waals surface area contributed by atoms with E-state index in [0.717, 1.165) is 12.0 Å². The SMILES string of the molecule is CC[C@H](C)[C@@H]([C@@H](CC(=O)N1CCC[C@H]1[C@H](OC)[C@@H](C)C(=O)C[C@H](C)[C@@H](O)c1ccccc1)OC)N(C)C(=O)[C@@H](CC(=O)[C@H](C(C)C)N(C)C(=O)OCC(C)SC)C(C)C. The van der Waals surface area contributed by atoms with Crippen LogP contribution in [0.5, 0.6) is 0 Å². The van der Waals surface area contributed by atoms with E-state index in [4.69, 9.17) is 14.2 Å². The van der Waals surface area contributed by atoms with Crippen LogP contribution >= 0.6 is 11.8 Å². The van der Waals surface area contributed by atoms with Crippen LogP contribution in [0.1, 0.15) is 113 Å². The third-order valence-electron chi connectivity index (χ3n) is 12.6. The molecule has 13 heteroatoms. The Morgan fingerprint density at radius 1 is 0.847 bits per heavy atom. The molecule has 0 aliphatic carbocycles. The van der Waals surface area contributed by atoms with Gasteiger partial charge in [-0.3, -0.25) is 19.2 Å². The van der Waals surface area contributed by atoms with Crippen LogP contribution in [-0.4, -0.2) is 133 Å². The molecular formula is C46H77N3O9S. The van der Waals surface area contributed by atoms with Gasteiger partial charge in [-0.15, -0.1) is 0 Å². The molecule has 1 unspecified atom stereocenters. The molecule has 59 heavy (non-hydrogen) atoms. The van der Waals surface area contributed by atoms with E-state index in [0.29, 0.717) is 19.4 Å². The summed E-state index contributed by atoms with van der Waals surface area (Å²) in [5, 5.41) is 11.0. The topological polar surface area (TPSA) is 143 Å². The van der Waals surface area contributed by atoms with Crippen LogP contribution in [0.25, 0.3) is 0 Å². The van der Waals surface area contributed by atoms with E-state index in [1.54, 1.807) is 45.0 Å². The van der Waals surface area contributed by atoms with Gasteiger partial charge in [0.2, 0.25) is 11.8 Å². The second-order valence-corrected chi connectivity index (χ2v) is 18.8. The highest BCUT2D eigenvalue weighted by molar-refractivity contribution is 7.99. The van der Waals surface area contributed by atoms with E-state index in [9.17, 15) is 29.1 Å². The van der Waals surface area contributed by atoms with Gasteiger partial charge in [0.15, 0.2) is 5.78 Å². The first-order valence-corrected chi connectivity index (χ1v) is 22.9. The summed E-state index contributed by atoms with van der Waals surface area (Å²) in [5.74, 6) is -2.53. The van der Waals surface area contributed by atoms with Crippen molar-refractivity contribution in [2.75, 3.05) is 47.7 Å². The van der Waals surface area contributed by atoms with Gasteiger partial charge in [-0.1, -0.05) is 99.1 Å². The molecule has 1 N–H and O–H groups in total. The number of likely N-dealkylation sites (N-methyl/N-ethyl adjacent to an activating group) is 2. The van der Waals surface area contributed by atoms with E-state index in [1.807, 2.05) is 104 Å². The summed E-state index contributed by atoms with van der Waals surface area (Å²) in [7, 11) is 6.44. The molecule has 2 rings (SSSR count). The summed E-state index contributed by atoms with van der Waals surface area (Å²) in [6.45, 7) is 18.1. The largest absolute Gasteiger partial charge is 0.448 e. The molecule has 1 aromatic rings. The van der Waals surface area contributed by atoms with Crippen molar-refractivity contribution in [1.82, 2.24) is 14.7 Å². The molecule has 336 valence electrons. The predicted octanol–water partition coefficient (Wildman–Crippen LogP) is 7.31. The van der Waals surface area contributed by atoms with E-state index in [-0.39, 0.29) is 84.2 Å². The maximum Gasteiger partial charge on any atom is 0.410 e. The zero-order valence-corrected chi connectivity index (χ0v) is 39.3. The highest BCUT2D eigenvalue weighted by Gasteiger charge is 2.43. The molecule has 0 radical (unpaired) electrons. The van der Waals surface area contributed by atoms with Gasteiger partial charge < -0.3 is 34.0 Å². The average molecular weight is 848 g/mol. The van der Waals surface area contributed by atoms with Crippen LogP contribution in [0.4, 0.5) is 4.79 Å². The number of carbonyl (C=O) groups is 5. The Morgan fingerprint density at radius 2 is 1.47 bits per heavy atom. The number of methoxy groups -OCH3 is 2. The Balaban J connectivity index is 2.27. The molecule has 1 fully saturated rings. The number of benzene rings is 1. The fourth-order valence-electron chi connectivity index (χ4n) is 8.65. The van der Waals surface area contributed by atoms with Crippen molar-refractivity contribution >= 4 is 41.2 Å². The Hall–Kier alpha value is -3.00. The van der Waals surface area contributed by atoms with E-state index >= 15 is 0 Å². The first kappa shape index (κ1) is 52.1. The zero-order valence-electron chi connectivity index (χ0n) is 38.5. The molecule has 1 saturated heterocycles. The van der Waals surface area contributed by atoms with E-state index in [2.05, 4.69) is 0 Å². The number of aliphatic hydroxyl groups is 1. The molecule has 0 saturated carbocycles. The second kappa shape index (κ2) is 25.1. The normalized spacial score (nSPS) is 19.5.